The predicted octanol–water partition coefficient (Wildman–Crippen LogP) is 2.85. The Kier molecular flexibility index (Phi) is 8.65. The van der Waals surface area contributed by atoms with E-state index in [0.717, 1.165) is 36.3 Å². The van der Waals surface area contributed by atoms with Gasteiger partial charge in [-0.3, -0.25) is 9.59 Å². The highest BCUT2D eigenvalue weighted by molar-refractivity contribution is 5.87. The third-order valence-electron chi connectivity index (χ3n) is 5.94. The maximum absolute atomic E-state index is 12.8. The van der Waals surface area contributed by atoms with E-state index in [1.165, 1.54) is 0 Å². The third-order valence-corrected chi connectivity index (χ3v) is 5.94. The summed E-state index contributed by atoms with van der Waals surface area (Å²) in [6, 6.07) is 6.30. The zero-order chi connectivity index (χ0) is 23.8. The molecule has 3 rings (SSSR count). The smallest absolute Gasteiger partial charge is 0.271 e. The van der Waals surface area contributed by atoms with Gasteiger partial charge in [-0.25, -0.2) is 4.98 Å². The van der Waals surface area contributed by atoms with Crippen molar-refractivity contribution < 1.29 is 4.79 Å². The van der Waals surface area contributed by atoms with Gasteiger partial charge in [-0.15, -0.1) is 0 Å². The van der Waals surface area contributed by atoms with Crippen LogP contribution in [0, 0.1) is 0 Å². The second kappa shape index (κ2) is 11.7. The van der Waals surface area contributed by atoms with E-state index in [9.17, 15) is 9.59 Å². The van der Waals surface area contributed by atoms with Crippen molar-refractivity contribution in [2.75, 3.05) is 43.4 Å². The molecule has 8 heteroatoms. The Bertz CT molecular complexity index is 1020. The molecule has 1 aliphatic heterocycles. The Morgan fingerprint density at radius 1 is 1.36 bits per heavy atom. The lowest BCUT2D eigenvalue weighted by molar-refractivity contribution is -0.127. The maximum atomic E-state index is 12.8. The van der Waals surface area contributed by atoms with E-state index >= 15 is 0 Å². The van der Waals surface area contributed by atoms with Gasteiger partial charge >= 0.3 is 0 Å². The quantitative estimate of drug-likeness (QED) is 0.507. The Hall–Kier alpha value is -3.13. The standard InChI is InChI=1S/C25H36N6O2/c1-5-31(21-8-7-13-30(17-21)24(32)9-6-11-27-18(2)3)22-14-20(16-29-25(22)33)19-10-12-28-23(15-19)26-4/h6,9-10,12,14-16,18,21,27H,5,7-8,11,13,17H2,1-4H3,(H,26,28)(H,29,33)/b9-6+. The van der Waals surface area contributed by atoms with Crippen molar-refractivity contribution in [3.63, 3.8) is 0 Å². The van der Waals surface area contributed by atoms with Gasteiger partial charge in [0.15, 0.2) is 0 Å². The molecule has 1 amide bonds. The summed E-state index contributed by atoms with van der Waals surface area (Å²) in [6.45, 7) is 8.92. The van der Waals surface area contributed by atoms with Gasteiger partial charge in [-0.1, -0.05) is 19.9 Å². The first kappa shape index (κ1) is 24.5. The molecule has 1 atom stereocenters. The van der Waals surface area contributed by atoms with Crippen LogP contribution in [0.1, 0.15) is 33.6 Å². The number of likely N-dealkylation sites (tertiary alicyclic amines) is 1. The molecule has 0 bridgehead atoms. The molecule has 8 nitrogen and oxygen atoms in total. The summed E-state index contributed by atoms with van der Waals surface area (Å²) < 4.78 is 0. The fourth-order valence-electron chi connectivity index (χ4n) is 4.20. The van der Waals surface area contributed by atoms with Crippen molar-refractivity contribution in [3.05, 3.63) is 53.1 Å². The molecule has 2 aromatic rings. The lowest BCUT2D eigenvalue weighted by Crippen LogP contribution is -2.50. The SMILES string of the molecule is CCN(c1cc(-c2ccnc(NC)c2)c[nH]c1=O)C1CCCN(C(=O)/C=C/CNC(C)C)C1. The molecule has 33 heavy (non-hydrogen) atoms. The van der Waals surface area contributed by atoms with Crippen molar-refractivity contribution in [1.29, 1.82) is 0 Å². The number of hydrogen-bond donors (Lipinski definition) is 3. The monoisotopic (exact) mass is 452 g/mol. The van der Waals surface area contributed by atoms with Crippen molar-refractivity contribution >= 4 is 17.4 Å². The third kappa shape index (κ3) is 6.44. The molecule has 2 aromatic heterocycles. The first-order valence-electron chi connectivity index (χ1n) is 11.7. The lowest BCUT2D eigenvalue weighted by atomic mass is 10.0. The first-order chi connectivity index (χ1) is 15.9. The molecule has 0 aliphatic carbocycles. The van der Waals surface area contributed by atoms with Crippen LogP contribution in [0.3, 0.4) is 0 Å². The molecule has 3 heterocycles. The number of aromatic nitrogens is 2. The number of aromatic amines is 1. The summed E-state index contributed by atoms with van der Waals surface area (Å²) in [4.78, 5) is 36.7. The van der Waals surface area contributed by atoms with Gasteiger partial charge < -0.3 is 25.4 Å². The van der Waals surface area contributed by atoms with Crippen LogP contribution in [-0.4, -0.2) is 66.1 Å². The number of hydrogen-bond acceptors (Lipinski definition) is 6. The van der Waals surface area contributed by atoms with Gasteiger partial charge in [0.25, 0.3) is 5.56 Å². The number of carbonyl (C=O) groups is 1. The average molecular weight is 453 g/mol. The van der Waals surface area contributed by atoms with Crippen LogP contribution in [-0.2, 0) is 4.79 Å². The van der Waals surface area contributed by atoms with Crippen molar-refractivity contribution in [2.45, 2.75) is 45.7 Å². The fraction of sp³-hybridized carbons (Fsp3) is 0.480. The van der Waals surface area contributed by atoms with Gasteiger partial charge in [0.1, 0.15) is 11.5 Å². The van der Waals surface area contributed by atoms with E-state index in [2.05, 4.69) is 46.3 Å². The molecule has 1 fully saturated rings. The molecule has 1 saturated heterocycles. The summed E-state index contributed by atoms with van der Waals surface area (Å²) in [7, 11) is 1.83. The minimum absolute atomic E-state index is 0.0281. The van der Waals surface area contributed by atoms with Crippen LogP contribution in [0.4, 0.5) is 11.5 Å². The summed E-state index contributed by atoms with van der Waals surface area (Å²) in [5.41, 5.74) is 2.41. The molecule has 1 aliphatic rings. The topological polar surface area (TPSA) is 93.4 Å². The van der Waals surface area contributed by atoms with Crippen molar-refractivity contribution in [1.82, 2.24) is 20.2 Å². The highest BCUT2D eigenvalue weighted by Gasteiger charge is 2.28. The molecule has 0 aromatic carbocycles. The van der Waals surface area contributed by atoms with Gasteiger partial charge in [-0.05, 0) is 43.5 Å². The minimum Gasteiger partial charge on any atom is -0.373 e. The van der Waals surface area contributed by atoms with Crippen LogP contribution >= 0.6 is 0 Å². The number of anilines is 2. The van der Waals surface area contributed by atoms with Gasteiger partial charge in [0.2, 0.25) is 5.91 Å². The first-order valence-corrected chi connectivity index (χ1v) is 11.7. The molecule has 1 unspecified atom stereocenters. The highest BCUT2D eigenvalue weighted by Crippen LogP contribution is 2.26. The number of piperidine rings is 1. The van der Waals surface area contributed by atoms with Crippen LogP contribution in [0.25, 0.3) is 11.1 Å². The number of likely N-dealkylation sites (N-methyl/N-ethyl adjacent to an activating group) is 1. The zero-order valence-electron chi connectivity index (χ0n) is 20.1. The fourth-order valence-corrected chi connectivity index (χ4v) is 4.20. The number of nitrogens with one attached hydrogen (secondary N) is 3. The maximum Gasteiger partial charge on any atom is 0.271 e. The van der Waals surface area contributed by atoms with Crippen LogP contribution in [0.2, 0.25) is 0 Å². The van der Waals surface area contributed by atoms with Gasteiger partial charge in [0.05, 0.1) is 0 Å². The Morgan fingerprint density at radius 3 is 2.91 bits per heavy atom. The second-order valence-corrected chi connectivity index (χ2v) is 8.61. The summed E-state index contributed by atoms with van der Waals surface area (Å²) >= 11 is 0. The molecule has 3 N–H and O–H groups in total. The summed E-state index contributed by atoms with van der Waals surface area (Å²) in [5, 5.41) is 6.33. The van der Waals surface area contributed by atoms with Gasteiger partial charge in [-0.2, -0.15) is 0 Å². The highest BCUT2D eigenvalue weighted by atomic mass is 16.2. The summed E-state index contributed by atoms with van der Waals surface area (Å²) in [5.74, 6) is 0.797. The molecular weight excluding hydrogens is 416 g/mol. The van der Waals surface area contributed by atoms with Crippen molar-refractivity contribution in [3.8, 4) is 11.1 Å². The van der Waals surface area contributed by atoms with E-state index in [4.69, 9.17) is 0 Å². The second-order valence-electron chi connectivity index (χ2n) is 8.61. The van der Waals surface area contributed by atoms with E-state index in [-0.39, 0.29) is 17.5 Å². The number of H-pyrrole nitrogens is 1. The molecular formula is C25H36N6O2. The number of amides is 1. The number of carbonyl (C=O) groups excluding carboxylic acids is 1. The predicted molar refractivity (Wildman–Crippen MR) is 135 cm³/mol. The Labute approximate surface area is 196 Å². The van der Waals surface area contributed by atoms with E-state index in [1.807, 2.05) is 36.2 Å². The molecule has 178 valence electrons. The summed E-state index contributed by atoms with van der Waals surface area (Å²) in [6.07, 6.45) is 8.88. The van der Waals surface area contributed by atoms with E-state index in [1.54, 1.807) is 18.5 Å². The van der Waals surface area contributed by atoms with Gasteiger partial charge in [0, 0.05) is 69.3 Å². The van der Waals surface area contributed by atoms with Crippen LogP contribution in [0.5, 0.6) is 0 Å². The molecule has 0 radical (unpaired) electrons. The van der Waals surface area contributed by atoms with Crippen molar-refractivity contribution in [2.24, 2.45) is 0 Å². The Balaban J connectivity index is 1.78. The van der Waals surface area contributed by atoms with Crippen LogP contribution in [0.15, 0.2) is 47.5 Å². The largest absolute Gasteiger partial charge is 0.373 e. The lowest BCUT2D eigenvalue weighted by Gasteiger charge is -2.39. The van der Waals surface area contributed by atoms with Crippen LogP contribution < -0.4 is 21.1 Å². The normalized spacial score (nSPS) is 16.4. The molecule has 0 saturated carbocycles. The number of pyridine rings is 2. The minimum atomic E-state index is -0.119. The zero-order valence-corrected chi connectivity index (χ0v) is 20.1. The number of nitrogens with zero attached hydrogens (tertiary/aromatic N) is 3. The van der Waals surface area contributed by atoms with E-state index < -0.39 is 0 Å². The molecule has 0 spiro atoms. The van der Waals surface area contributed by atoms with E-state index in [0.29, 0.717) is 31.4 Å². The number of rotatable bonds is 9. The Morgan fingerprint density at radius 2 is 2.18 bits per heavy atom. The average Bonchev–Trinajstić information content (AvgIpc) is 2.83.